The summed E-state index contributed by atoms with van der Waals surface area (Å²) in [4.78, 5) is 14.0. The summed E-state index contributed by atoms with van der Waals surface area (Å²) in [5.41, 5.74) is 1.23. The SMILES string of the molecule is Cc1cccc(OCC2CCN(C(=O)C3CC3)CC2)c1. The zero-order valence-electron chi connectivity index (χ0n) is 12.2. The minimum atomic E-state index is 0.357. The van der Waals surface area contributed by atoms with Crippen LogP contribution in [0, 0.1) is 18.8 Å². The van der Waals surface area contributed by atoms with Gasteiger partial charge in [0.2, 0.25) is 5.91 Å². The number of ether oxygens (including phenoxy) is 1. The van der Waals surface area contributed by atoms with Gasteiger partial charge in [0.15, 0.2) is 0 Å². The molecule has 3 rings (SSSR count). The second kappa shape index (κ2) is 5.86. The zero-order chi connectivity index (χ0) is 13.9. The van der Waals surface area contributed by atoms with Crippen LogP contribution >= 0.6 is 0 Å². The smallest absolute Gasteiger partial charge is 0.225 e. The van der Waals surface area contributed by atoms with Gasteiger partial charge in [0.25, 0.3) is 0 Å². The molecule has 3 heteroatoms. The van der Waals surface area contributed by atoms with Crippen molar-refractivity contribution >= 4 is 5.91 Å². The van der Waals surface area contributed by atoms with Crippen molar-refractivity contribution in [2.24, 2.45) is 11.8 Å². The van der Waals surface area contributed by atoms with E-state index < -0.39 is 0 Å². The molecule has 0 aromatic heterocycles. The van der Waals surface area contributed by atoms with Gasteiger partial charge in [-0.05, 0) is 56.2 Å². The molecule has 1 amide bonds. The Morgan fingerprint density at radius 3 is 2.65 bits per heavy atom. The third-order valence-corrected chi connectivity index (χ3v) is 4.33. The molecule has 1 aliphatic carbocycles. The summed E-state index contributed by atoms with van der Waals surface area (Å²) in [6, 6.07) is 8.20. The minimum absolute atomic E-state index is 0.357. The number of carbonyl (C=O) groups excluding carboxylic acids is 1. The van der Waals surface area contributed by atoms with E-state index in [9.17, 15) is 4.79 Å². The molecule has 1 heterocycles. The van der Waals surface area contributed by atoms with Crippen molar-refractivity contribution < 1.29 is 9.53 Å². The Labute approximate surface area is 120 Å². The van der Waals surface area contributed by atoms with Gasteiger partial charge in [0.05, 0.1) is 6.61 Å². The van der Waals surface area contributed by atoms with Crippen LogP contribution in [0.5, 0.6) is 5.75 Å². The molecule has 0 atom stereocenters. The van der Waals surface area contributed by atoms with Crippen molar-refractivity contribution in [3.8, 4) is 5.75 Å². The second-order valence-electron chi connectivity index (χ2n) is 6.17. The number of benzene rings is 1. The maximum atomic E-state index is 12.0. The molecule has 1 aromatic carbocycles. The molecular formula is C17H23NO2. The maximum absolute atomic E-state index is 12.0. The number of rotatable bonds is 4. The summed E-state index contributed by atoms with van der Waals surface area (Å²) in [6.45, 7) is 4.68. The van der Waals surface area contributed by atoms with Crippen LogP contribution in [0.1, 0.15) is 31.2 Å². The van der Waals surface area contributed by atoms with Crippen LogP contribution in [0.15, 0.2) is 24.3 Å². The van der Waals surface area contributed by atoms with E-state index in [1.807, 2.05) is 12.1 Å². The van der Waals surface area contributed by atoms with Crippen LogP contribution in [0.25, 0.3) is 0 Å². The summed E-state index contributed by atoms with van der Waals surface area (Å²) in [5, 5.41) is 0. The monoisotopic (exact) mass is 273 g/mol. The van der Waals surface area contributed by atoms with Crippen LogP contribution in [0.2, 0.25) is 0 Å². The predicted molar refractivity (Wildman–Crippen MR) is 78.7 cm³/mol. The first kappa shape index (κ1) is 13.5. The van der Waals surface area contributed by atoms with Crippen molar-refractivity contribution in [3.05, 3.63) is 29.8 Å². The standard InChI is InChI=1S/C17H23NO2/c1-13-3-2-4-16(11-13)20-12-14-7-9-18(10-8-14)17(19)15-5-6-15/h2-4,11,14-15H,5-10,12H2,1H3. The Balaban J connectivity index is 1.43. The van der Waals surface area contributed by atoms with Gasteiger partial charge in [-0.3, -0.25) is 4.79 Å². The number of likely N-dealkylation sites (tertiary alicyclic amines) is 1. The Kier molecular flexibility index (Phi) is 3.95. The molecule has 1 saturated heterocycles. The first-order valence-electron chi connectivity index (χ1n) is 7.70. The Morgan fingerprint density at radius 2 is 2.00 bits per heavy atom. The Morgan fingerprint density at radius 1 is 1.25 bits per heavy atom. The number of aryl methyl sites for hydroxylation is 1. The Hall–Kier alpha value is -1.51. The fourth-order valence-electron chi connectivity index (χ4n) is 2.83. The van der Waals surface area contributed by atoms with Gasteiger partial charge >= 0.3 is 0 Å². The zero-order valence-corrected chi connectivity index (χ0v) is 12.2. The average Bonchev–Trinajstić information content (AvgIpc) is 3.30. The molecule has 2 fully saturated rings. The molecule has 2 aliphatic rings. The highest BCUT2D eigenvalue weighted by molar-refractivity contribution is 5.81. The van der Waals surface area contributed by atoms with E-state index >= 15 is 0 Å². The van der Waals surface area contributed by atoms with Gasteiger partial charge in [-0.15, -0.1) is 0 Å². The molecule has 3 nitrogen and oxygen atoms in total. The normalized spacial score (nSPS) is 19.9. The van der Waals surface area contributed by atoms with Gasteiger partial charge in [-0.2, -0.15) is 0 Å². The van der Waals surface area contributed by atoms with E-state index in [1.54, 1.807) is 0 Å². The van der Waals surface area contributed by atoms with Crippen molar-refractivity contribution in [1.82, 2.24) is 4.90 Å². The molecule has 0 N–H and O–H groups in total. The topological polar surface area (TPSA) is 29.5 Å². The lowest BCUT2D eigenvalue weighted by atomic mass is 9.97. The van der Waals surface area contributed by atoms with Gasteiger partial charge in [0, 0.05) is 19.0 Å². The third-order valence-electron chi connectivity index (χ3n) is 4.33. The summed E-state index contributed by atoms with van der Waals surface area (Å²) in [7, 11) is 0. The number of piperidine rings is 1. The fraction of sp³-hybridized carbons (Fsp3) is 0.588. The van der Waals surface area contributed by atoms with E-state index in [0.717, 1.165) is 51.1 Å². The molecule has 0 unspecified atom stereocenters. The lowest BCUT2D eigenvalue weighted by molar-refractivity contribution is -0.134. The van der Waals surface area contributed by atoms with Gasteiger partial charge in [-0.25, -0.2) is 0 Å². The first-order valence-corrected chi connectivity index (χ1v) is 7.70. The number of carbonyl (C=O) groups is 1. The van der Waals surface area contributed by atoms with Gasteiger partial charge in [0.1, 0.15) is 5.75 Å². The third kappa shape index (κ3) is 3.33. The largest absolute Gasteiger partial charge is 0.493 e. The van der Waals surface area contributed by atoms with E-state index in [-0.39, 0.29) is 0 Å². The van der Waals surface area contributed by atoms with E-state index in [4.69, 9.17) is 4.74 Å². The molecule has 1 aromatic rings. The molecule has 0 bridgehead atoms. The minimum Gasteiger partial charge on any atom is -0.493 e. The molecule has 108 valence electrons. The van der Waals surface area contributed by atoms with Crippen LogP contribution in [-0.2, 0) is 4.79 Å². The number of hydrogen-bond donors (Lipinski definition) is 0. The van der Waals surface area contributed by atoms with Crippen molar-refractivity contribution in [2.45, 2.75) is 32.6 Å². The Bertz CT molecular complexity index is 474. The summed E-state index contributed by atoms with van der Waals surface area (Å²) >= 11 is 0. The summed E-state index contributed by atoms with van der Waals surface area (Å²) < 4.78 is 5.88. The van der Waals surface area contributed by atoms with Crippen molar-refractivity contribution in [1.29, 1.82) is 0 Å². The fourth-order valence-corrected chi connectivity index (χ4v) is 2.83. The number of hydrogen-bond acceptors (Lipinski definition) is 2. The van der Waals surface area contributed by atoms with E-state index in [1.165, 1.54) is 5.56 Å². The van der Waals surface area contributed by atoms with E-state index in [0.29, 0.717) is 17.7 Å². The summed E-state index contributed by atoms with van der Waals surface area (Å²) in [6.07, 6.45) is 4.36. The van der Waals surface area contributed by atoms with Crippen molar-refractivity contribution in [2.75, 3.05) is 19.7 Å². The predicted octanol–water partition coefficient (Wildman–Crippen LogP) is 3.02. The summed E-state index contributed by atoms with van der Waals surface area (Å²) in [5.74, 6) is 2.29. The molecule has 0 spiro atoms. The second-order valence-corrected chi connectivity index (χ2v) is 6.17. The lowest BCUT2D eigenvalue weighted by Crippen LogP contribution is -2.40. The highest BCUT2D eigenvalue weighted by Crippen LogP contribution is 2.32. The number of amides is 1. The molecular weight excluding hydrogens is 250 g/mol. The van der Waals surface area contributed by atoms with E-state index in [2.05, 4.69) is 24.0 Å². The highest BCUT2D eigenvalue weighted by Gasteiger charge is 2.34. The van der Waals surface area contributed by atoms with Crippen LogP contribution in [0.3, 0.4) is 0 Å². The van der Waals surface area contributed by atoms with Crippen LogP contribution in [0.4, 0.5) is 0 Å². The quantitative estimate of drug-likeness (QED) is 0.844. The first-order chi connectivity index (χ1) is 9.72. The van der Waals surface area contributed by atoms with Gasteiger partial charge in [-0.1, -0.05) is 12.1 Å². The van der Waals surface area contributed by atoms with Gasteiger partial charge < -0.3 is 9.64 Å². The maximum Gasteiger partial charge on any atom is 0.225 e. The molecule has 1 aliphatic heterocycles. The molecule has 1 saturated carbocycles. The van der Waals surface area contributed by atoms with Crippen LogP contribution in [-0.4, -0.2) is 30.5 Å². The lowest BCUT2D eigenvalue weighted by Gasteiger charge is -2.32. The molecule has 20 heavy (non-hydrogen) atoms. The molecule has 0 radical (unpaired) electrons. The highest BCUT2D eigenvalue weighted by atomic mass is 16.5. The van der Waals surface area contributed by atoms with Crippen molar-refractivity contribution in [3.63, 3.8) is 0 Å². The number of nitrogens with zero attached hydrogens (tertiary/aromatic N) is 1. The van der Waals surface area contributed by atoms with Crippen LogP contribution < -0.4 is 4.74 Å². The average molecular weight is 273 g/mol.